The standard InChI is InChI=1S/C24H28N6O3/c1-2-33-22-6-4-3-5-19(22)15-29-12-11-26-24(32)21(29)13-23(31)27-14-18-7-9-20(10-8-18)30-17-25-16-28-30/h3-10,16-17,21H,2,11-15H2,1H3,(H,26,32)(H,27,31). The summed E-state index contributed by atoms with van der Waals surface area (Å²) in [4.78, 5) is 31.3. The van der Waals surface area contributed by atoms with E-state index in [9.17, 15) is 9.59 Å². The number of nitrogens with zero attached hydrogens (tertiary/aromatic N) is 4. The summed E-state index contributed by atoms with van der Waals surface area (Å²) < 4.78 is 7.39. The van der Waals surface area contributed by atoms with Crippen molar-refractivity contribution in [2.75, 3.05) is 19.7 Å². The van der Waals surface area contributed by atoms with E-state index < -0.39 is 6.04 Å². The highest BCUT2D eigenvalue weighted by atomic mass is 16.5. The molecule has 4 rings (SSSR count). The summed E-state index contributed by atoms with van der Waals surface area (Å²) in [5.74, 6) is 0.520. The topological polar surface area (TPSA) is 101 Å². The van der Waals surface area contributed by atoms with Crippen LogP contribution in [0.15, 0.2) is 61.2 Å². The highest BCUT2D eigenvalue weighted by molar-refractivity contribution is 5.88. The van der Waals surface area contributed by atoms with E-state index in [0.717, 1.165) is 22.6 Å². The molecule has 0 spiro atoms. The summed E-state index contributed by atoms with van der Waals surface area (Å²) in [5, 5.41) is 9.91. The van der Waals surface area contributed by atoms with E-state index in [1.165, 1.54) is 6.33 Å². The monoisotopic (exact) mass is 448 g/mol. The van der Waals surface area contributed by atoms with Crippen LogP contribution in [0, 0.1) is 0 Å². The zero-order valence-corrected chi connectivity index (χ0v) is 18.6. The summed E-state index contributed by atoms with van der Waals surface area (Å²) in [6, 6.07) is 15.0. The number of hydrogen-bond donors (Lipinski definition) is 2. The van der Waals surface area contributed by atoms with Crippen LogP contribution in [0.2, 0.25) is 0 Å². The largest absolute Gasteiger partial charge is 0.494 e. The molecule has 9 heteroatoms. The summed E-state index contributed by atoms with van der Waals surface area (Å²) in [7, 11) is 0. The van der Waals surface area contributed by atoms with Gasteiger partial charge in [-0.3, -0.25) is 14.5 Å². The molecule has 2 N–H and O–H groups in total. The van der Waals surface area contributed by atoms with Crippen molar-refractivity contribution < 1.29 is 14.3 Å². The fraction of sp³-hybridized carbons (Fsp3) is 0.333. The number of piperazine rings is 1. The maximum absolute atomic E-state index is 12.7. The SMILES string of the molecule is CCOc1ccccc1CN1CCNC(=O)C1CC(=O)NCc1ccc(-n2cncn2)cc1. The van der Waals surface area contributed by atoms with Gasteiger partial charge in [0.1, 0.15) is 18.4 Å². The van der Waals surface area contributed by atoms with E-state index in [-0.39, 0.29) is 18.2 Å². The van der Waals surface area contributed by atoms with Crippen LogP contribution in [0.25, 0.3) is 5.69 Å². The van der Waals surface area contributed by atoms with Crippen molar-refractivity contribution in [2.45, 2.75) is 32.5 Å². The first-order chi connectivity index (χ1) is 16.1. The molecule has 1 fully saturated rings. The maximum atomic E-state index is 12.7. The van der Waals surface area contributed by atoms with Gasteiger partial charge in [-0.1, -0.05) is 30.3 Å². The van der Waals surface area contributed by atoms with E-state index in [1.807, 2.05) is 60.4 Å². The highest BCUT2D eigenvalue weighted by Gasteiger charge is 2.32. The van der Waals surface area contributed by atoms with E-state index in [1.54, 1.807) is 11.0 Å². The minimum Gasteiger partial charge on any atom is -0.494 e. The molecule has 2 aromatic carbocycles. The summed E-state index contributed by atoms with van der Waals surface area (Å²) >= 11 is 0. The Morgan fingerprint density at radius 3 is 2.79 bits per heavy atom. The van der Waals surface area contributed by atoms with E-state index in [4.69, 9.17) is 4.74 Å². The second-order valence-electron chi connectivity index (χ2n) is 7.81. The Bertz CT molecular complexity index is 1070. The number of aromatic nitrogens is 3. The molecular formula is C24H28N6O3. The highest BCUT2D eigenvalue weighted by Crippen LogP contribution is 2.22. The molecular weight excluding hydrogens is 420 g/mol. The first-order valence-electron chi connectivity index (χ1n) is 11.1. The van der Waals surface area contributed by atoms with Crippen molar-refractivity contribution in [1.82, 2.24) is 30.3 Å². The van der Waals surface area contributed by atoms with Crippen LogP contribution in [-0.2, 0) is 22.7 Å². The van der Waals surface area contributed by atoms with E-state index in [2.05, 4.69) is 20.7 Å². The van der Waals surface area contributed by atoms with Gasteiger partial charge < -0.3 is 15.4 Å². The molecule has 1 saturated heterocycles. The Hall–Kier alpha value is -3.72. The number of carbonyl (C=O) groups is 2. The lowest BCUT2D eigenvalue weighted by Crippen LogP contribution is -2.56. The molecule has 172 valence electrons. The Morgan fingerprint density at radius 1 is 1.21 bits per heavy atom. The van der Waals surface area contributed by atoms with Crippen molar-refractivity contribution >= 4 is 11.8 Å². The zero-order valence-electron chi connectivity index (χ0n) is 18.6. The van der Waals surface area contributed by atoms with Crippen LogP contribution in [0.5, 0.6) is 5.75 Å². The van der Waals surface area contributed by atoms with E-state index >= 15 is 0 Å². The van der Waals surface area contributed by atoms with Crippen LogP contribution in [0.1, 0.15) is 24.5 Å². The summed E-state index contributed by atoms with van der Waals surface area (Å²) in [5.41, 5.74) is 2.86. The molecule has 2 heterocycles. The number of benzene rings is 2. The molecule has 3 aromatic rings. The minimum absolute atomic E-state index is 0.0969. The Labute approximate surface area is 192 Å². The third kappa shape index (κ3) is 5.75. The number of para-hydroxylation sites is 1. The lowest BCUT2D eigenvalue weighted by molar-refractivity contribution is -0.134. The molecule has 1 unspecified atom stereocenters. The molecule has 1 aliphatic rings. The van der Waals surface area contributed by atoms with Gasteiger partial charge in [0.25, 0.3) is 0 Å². The molecule has 33 heavy (non-hydrogen) atoms. The fourth-order valence-corrected chi connectivity index (χ4v) is 3.88. The molecule has 0 bridgehead atoms. The first kappa shape index (κ1) is 22.5. The number of ether oxygens (including phenoxy) is 1. The fourth-order valence-electron chi connectivity index (χ4n) is 3.88. The minimum atomic E-state index is -0.525. The van der Waals surface area contributed by atoms with Gasteiger partial charge >= 0.3 is 0 Å². The number of carbonyl (C=O) groups excluding carboxylic acids is 2. The smallest absolute Gasteiger partial charge is 0.237 e. The molecule has 0 aliphatic carbocycles. The van der Waals surface area contributed by atoms with Gasteiger partial charge in [0.15, 0.2) is 0 Å². The van der Waals surface area contributed by atoms with Crippen LogP contribution in [-0.4, -0.2) is 57.2 Å². The van der Waals surface area contributed by atoms with Gasteiger partial charge in [0, 0.05) is 31.7 Å². The normalized spacial score (nSPS) is 16.3. The van der Waals surface area contributed by atoms with Crippen molar-refractivity contribution in [1.29, 1.82) is 0 Å². The van der Waals surface area contributed by atoms with Crippen molar-refractivity contribution in [3.8, 4) is 11.4 Å². The van der Waals surface area contributed by atoms with Crippen LogP contribution in [0.4, 0.5) is 0 Å². The molecule has 1 atom stereocenters. The van der Waals surface area contributed by atoms with Gasteiger partial charge in [-0.2, -0.15) is 5.10 Å². The second kappa shape index (κ2) is 10.7. The van der Waals surface area contributed by atoms with Crippen molar-refractivity contribution in [3.05, 3.63) is 72.3 Å². The third-order valence-electron chi connectivity index (χ3n) is 5.58. The zero-order chi connectivity index (χ0) is 23.0. The van der Waals surface area contributed by atoms with Gasteiger partial charge in [-0.05, 0) is 30.7 Å². The quantitative estimate of drug-likeness (QED) is 0.517. The Balaban J connectivity index is 1.35. The molecule has 0 saturated carbocycles. The van der Waals surface area contributed by atoms with Gasteiger partial charge in [0.2, 0.25) is 11.8 Å². The molecule has 2 amide bonds. The lowest BCUT2D eigenvalue weighted by Gasteiger charge is -2.35. The number of hydrogen-bond acceptors (Lipinski definition) is 6. The molecule has 1 aromatic heterocycles. The predicted octanol–water partition coefficient (Wildman–Crippen LogP) is 1.67. The van der Waals surface area contributed by atoms with Crippen molar-refractivity contribution in [2.24, 2.45) is 0 Å². The van der Waals surface area contributed by atoms with Gasteiger partial charge in [-0.25, -0.2) is 9.67 Å². The maximum Gasteiger partial charge on any atom is 0.237 e. The van der Waals surface area contributed by atoms with E-state index in [0.29, 0.717) is 32.8 Å². The van der Waals surface area contributed by atoms with Crippen LogP contribution >= 0.6 is 0 Å². The number of nitrogens with one attached hydrogen (secondary N) is 2. The van der Waals surface area contributed by atoms with Crippen molar-refractivity contribution in [3.63, 3.8) is 0 Å². The van der Waals surface area contributed by atoms with Crippen LogP contribution < -0.4 is 15.4 Å². The number of rotatable bonds is 9. The molecule has 9 nitrogen and oxygen atoms in total. The summed E-state index contributed by atoms with van der Waals surface area (Å²) in [6.07, 6.45) is 3.21. The molecule has 0 radical (unpaired) electrons. The average molecular weight is 449 g/mol. The first-order valence-corrected chi connectivity index (χ1v) is 11.1. The Kier molecular flexibility index (Phi) is 7.31. The summed E-state index contributed by atoms with van der Waals surface area (Å²) in [6.45, 7) is 4.69. The van der Waals surface area contributed by atoms with Crippen LogP contribution in [0.3, 0.4) is 0 Å². The van der Waals surface area contributed by atoms with Gasteiger partial charge in [-0.15, -0.1) is 0 Å². The second-order valence-corrected chi connectivity index (χ2v) is 7.81. The number of amides is 2. The Morgan fingerprint density at radius 2 is 2.03 bits per heavy atom. The third-order valence-corrected chi connectivity index (χ3v) is 5.58. The van der Waals surface area contributed by atoms with Gasteiger partial charge in [0.05, 0.1) is 24.8 Å². The average Bonchev–Trinajstić information content (AvgIpc) is 3.37. The lowest BCUT2D eigenvalue weighted by atomic mass is 10.1. The predicted molar refractivity (Wildman–Crippen MR) is 123 cm³/mol. The molecule has 1 aliphatic heterocycles.